The lowest BCUT2D eigenvalue weighted by Crippen LogP contribution is -2.18. The number of carboxylic acids is 1. The number of nitrogens with one attached hydrogen (secondary N) is 1. The van der Waals surface area contributed by atoms with Gasteiger partial charge in [0.2, 0.25) is 0 Å². The van der Waals surface area contributed by atoms with Crippen molar-refractivity contribution in [3.05, 3.63) is 35.4 Å². The first-order valence-corrected chi connectivity index (χ1v) is 6.79. The third-order valence-corrected chi connectivity index (χ3v) is 3.77. The lowest BCUT2D eigenvalue weighted by molar-refractivity contribution is 0.0695. The van der Waals surface area contributed by atoms with Crippen molar-refractivity contribution in [2.24, 2.45) is 5.92 Å². The lowest BCUT2D eigenvalue weighted by Gasteiger charge is -2.11. The summed E-state index contributed by atoms with van der Waals surface area (Å²) in [5.41, 5.74) is 1.28. The molecular weight excluding hydrogens is 226 g/mol. The number of hydrogen-bond donors (Lipinski definition) is 2. The standard InChI is InChI=1S/C15H21NO2/c17-15(18)14-8-4-3-7-13(14)11-16-10-9-12-5-1-2-6-12/h3-4,7-8,12,16H,1-2,5-6,9-11H2,(H,17,18). The van der Waals surface area contributed by atoms with Crippen molar-refractivity contribution in [2.75, 3.05) is 6.54 Å². The van der Waals surface area contributed by atoms with Crippen LogP contribution < -0.4 is 5.32 Å². The van der Waals surface area contributed by atoms with E-state index in [0.717, 1.165) is 18.0 Å². The second-order valence-electron chi connectivity index (χ2n) is 5.08. The van der Waals surface area contributed by atoms with Gasteiger partial charge in [-0.1, -0.05) is 43.9 Å². The predicted molar refractivity (Wildman–Crippen MR) is 71.7 cm³/mol. The van der Waals surface area contributed by atoms with Crippen LogP contribution in [0.4, 0.5) is 0 Å². The number of hydrogen-bond acceptors (Lipinski definition) is 2. The van der Waals surface area contributed by atoms with Crippen LogP contribution in [0.25, 0.3) is 0 Å². The molecule has 0 radical (unpaired) electrons. The predicted octanol–water partition coefficient (Wildman–Crippen LogP) is 3.05. The molecule has 2 N–H and O–H groups in total. The van der Waals surface area contributed by atoms with Crippen LogP contribution >= 0.6 is 0 Å². The van der Waals surface area contributed by atoms with E-state index in [9.17, 15) is 4.79 Å². The summed E-state index contributed by atoms with van der Waals surface area (Å²) in [5, 5.41) is 12.4. The summed E-state index contributed by atoms with van der Waals surface area (Å²) in [7, 11) is 0. The highest BCUT2D eigenvalue weighted by Gasteiger charge is 2.14. The summed E-state index contributed by atoms with van der Waals surface area (Å²) in [5.74, 6) is 0.0374. The Hall–Kier alpha value is -1.35. The smallest absolute Gasteiger partial charge is 0.336 e. The molecule has 1 aromatic carbocycles. The fourth-order valence-corrected chi connectivity index (χ4v) is 2.71. The maximum absolute atomic E-state index is 11.0. The number of benzene rings is 1. The fraction of sp³-hybridized carbons (Fsp3) is 0.533. The molecule has 2 rings (SSSR count). The Balaban J connectivity index is 1.77. The van der Waals surface area contributed by atoms with Crippen molar-refractivity contribution < 1.29 is 9.90 Å². The van der Waals surface area contributed by atoms with Crippen LogP contribution in [0.15, 0.2) is 24.3 Å². The summed E-state index contributed by atoms with van der Waals surface area (Å²) in [6.07, 6.45) is 6.72. The topological polar surface area (TPSA) is 49.3 Å². The third-order valence-electron chi connectivity index (χ3n) is 3.77. The van der Waals surface area contributed by atoms with Crippen LogP contribution in [-0.2, 0) is 6.54 Å². The zero-order valence-corrected chi connectivity index (χ0v) is 10.7. The Kier molecular flexibility index (Phi) is 4.76. The molecule has 3 nitrogen and oxygen atoms in total. The molecule has 0 bridgehead atoms. The molecular formula is C15H21NO2. The van der Waals surface area contributed by atoms with Crippen LogP contribution in [0.3, 0.4) is 0 Å². The summed E-state index contributed by atoms with van der Waals surface area (Å²) in [6, 6.07) is 7.20. The zero-order chi connectivity index (χ0) is 12.8. The van der Waals surface area contributed by atoms with E-state index in [1.807, 2.05) is 12.1 Å². The summed E-state index contributed by atoms with van der Waals surface area (Å²) >= 11 is 0. The Morgan fingerprint density at radius 1 is 1.28 bits per heavy atom. The van der Waals surface area contributed by atoms with E-state index in [1.54, 1.807) is 12.1 Å². The molecule has 3 heteroatoms. The second kappa shape index (κ2) is 6.55. The van der Waals surface area contributed by atoms with Crippen molar-refractivity contribution in [3.8, 4) is 0 Å². The van der Waals surface area contributed by atoms with Gasteiger partial charge in [0.05, 0.1) is 5.56 Å². The highest BCUT2D eigenvalue weighted by Crippen LogP contribution is 2.26. The SMILES string of the molecule is O=C(O)c1ccccc1CNCCC1CCCC1. The largest absolute Gasteiger partial charge is 0.478 e. The first-order chi connectivity index (χ1) is 8.77. The van der Waals surface area contributed by atoms with E-state index in [4.69, 9.17) is 5.11 Å². The zero-order valence-electron chi connectivity index (χ0n) is 10.7. The van der Waals surface area contributed by atoms with Gasteiger partial charge >= 0.3 is 5.97 Å². The monoisotopic (exact) mass is 247 g/mol. The molecule has 0 atom stereocenters. The van der Waals surface area contributed by atoms with Crippen molar-refractivity contribution in [1.29, 1.82) is 0 Å². The Labute approximate surface area is 108 Å². The molecule has 0 aliphatic heterocycles. The van der Waals surface area contributed by atoms with Gasteiger partial charge in [0.15, 0.2) is 0 Å². The molecule has 1 saturated carbocycles. The van der Waals surface area contributed by atoms with Crippen molar-refractivity contribution in [2.45, 2.75) is 38.6 Å². The molecule has 0 spiro atoms. The highest BCUT2D eigenvalue weighted by molar-refractivity contribution is 5.89. The molecule has 18 heavy (non-hydrogen) atoms. The van der Waals surface area contributed by atoms with E-state index >= 15 is 0 Å². The number of aromatic carboxylic acids is 1. The highest BCUT2D eigenvalue weighted by atomic mass is 16.4. The first-order valence-electron chi connectivity index (χ1n) is 6.79. The maximum Gasteiger partial charge on any atom is 0.336 e. The fourth-order valence-electron chi connectivity index (χ4n) is 2.71. The second-order valence-corrected chi connectivity index (χ2v) is 5.08. The van der Waals surface area contributed by atoms with Gasteiger partial charge in [0, 0.05) is 6.54 Å². The van der Waals surface area contributed by atoms with Gasteiger partial charge < -0.3 is 10.4 Å². The first kappa shape index (κ1) is 13.1. The van der Waals surface area contributed by atoms with Crippen molar-refractivity contribution in [3.63, 3.8) is 0 Å². The quantitative estimate of drug-likeness (QED) is 0.760. The van der Waals surface area contributed by atoms with Crippen LogP contribution in [0.2, 0.25) is 0 Å². The summed E-state index contributed by atoms with van der Waals surface area (Å²) in [4.78, 5) is 11.0. The van der Waals surface area contributed by atoms with Crippen molar-refractivity contribution in [1.82, 2.24) is 5.32 Å². The maximum atomic E-state index is 11.0. The Bertz CT molecular complexity index is 397. The number of rotatable bonds is 6. The molecule has 1 fully saturated rings. The number of carbonyl (C=O) groups is 1. The van der Waals surface area contributed by atoms with Gasteiger partial charge in [-0.15, -0.1) is 0 Å². The summed E-state index contributed by atoms with van der Waals surface area (Å²) < 4.78 is 0. The summed E-state index contributed by atoms with van der Waals surface area (Å²) in [6.45, 7) is 1.63. The van der Waals surface area contributed by atoms with E-state index in [0.29, 0.717) is 12.1 Å². The molecule has 98 valence electrons. The Morgan fingerprint density at radius 3 is 2.72 bits per heavy atom. The normalized spacial score (nSPS) is 16.0. The average Bonchev–Trinajstić information content (AvgIpc) is 2.88. The van der Waals surface area contributed by atoms with Crippen LogP contribution in [-0.4, -0.2) is 17.6 Å². The van der Waals surface area contributed by atoms with E-state index < -0.39 is 5.97 Å². The average molecular weight is 247 g/mol. The minimum atomic E-state index is -0.844. The lowest BCUT2D eigenvalue weighted by atomic mass is 10.0. The molecule has 1 aromatic rings. The van der Waals surface area contributed by atoms with Gasteiger partial charge in [-0.2, -0.15) is 0 Å². The van der Waals surface area contributed by atoms with Gasteiger partial charge in [0.25, 0.3) is 0 Å². The van der Waals surface area contributed by atoms with Crippen LogP contribution in [0, 0.1) is 5.92 Å². The molecule has 0 aromatic heterocycles. The number of carboxylic acid groups (broad SMARTS) is 1. The van der Waals surface area contributed by atoms with E-state index in [-0.39, 0.29) is 0 Å². The van der Waals surface area contributed by atoms with Gasteiger partial charge in [0.1, 0.15) is 0 Å². The van der Waals surface area contributed by atoms with E-state index in [2.05, 4.69) is 5.32 Å². The minimum absolute atomic E-state index is 0.408. The molecule has 0 amide bonds. The van der Waals surface area contributed by atoms with Gasteiger partial charge in [-0.3, -0.25) is 0 Å². The van der Waals surface area contributed by atoms with Crippen LogP contribution in [0.5, 0.6) is 0 Å². The van der Waals surface area contributed by atoms with Gasteiger partial charge in [-0.05, 0) is 30.5 Å². The van der Waals surface area contributed by atoms with Crippen LogP contribution in [0.1, 0.15) is 48.0 Å². The third kappa shape index (κ3) is 3.57. The molecule has 1 aliphatic carbocycles. The van der Waals surface area contributed by atoms with Crippen molar-refractivity contribution >= 4 is 5.97 Å². The molecule has 1 aliphatic rings. The van der Waals surface area contributed by atoms with E-state index in [1.165, 1.54) is 32.1 Å². The molecule has 0 saturated heterocycles. The Morgan fingerprint density at radius 2 is 2.00 bits per heavy atom. The molecule has 0 heterocycles. The molecule has 0 unspecified atom stereocenters. The van der Waals surface area contributed by atoms with Gasteiger partial charge in [-0.25, -0.2) is 4.79 Å². The minimum Gasteiger partial charge on any atom is -0.478 e.